The molecule has 1 aromatic rings. The molecule has 1 aliphatic heterocycles. The highest BCUT2D eigenvalue weighted by Crippen LogP contribution is 2.41. The van der Waals surface area contributed by atoms with Crippen molar-refractivity contribution in [2.24, 2.45) is 10.9 Å². The molecule has 1 aromatic carbocycles. The van der Waals surface area contributed by atoms with Gasteiger partial charge in [-0.15, -0.1) is 0 Å². The van der Waals surface area contributed by atoms with Gasteiger partial charge in [-0.05, 0) is 26.3 Å². The first kappa shape index (κ1) is 21.6. The fraction of sp³-hybridized carbons (Fsp3) is 0.444. The lowest BCUT2D eigenvalue weighted by molar-refractivity contribution is -0.130. The van der Waals surface area contributed by atoms with Crippen LogP contribution in [0.5, 0.6) is 17.2 Å². The molecule has 1 unspecified atom stereocenters. The SMILES string of the molecule is COc1cc(N2C(=O)C(C=NCCN(C)C)C(=O)NC2=S)cc(OC)c1OC. The number of hydrogen-bond acceptors (Lipinski definition) is 8. The minimum absolute atomic E-state index is 0.0257. The van der Waals surface area contributed by atoms with Crippen molar-refractivity contribution in [1.29, 1.82) is 0 Å². The molecule has 1 fully saturated rings. The number of aliphatic imine (C=N–C) groups is 1. The van der Waals surface area contributed by atoms with Crippen LogP contribution in [-0.2, 0) is 9.59 Å². The molecule has 28 heavy (non-hydrogen) atoms. The monoisotopic (exact) mass is 408 g/mol. The highest BCUT2D eigenvalue weighted by molar-refractivity contribution is 7.80. The number of hydrogen-bond donors (Lipinski definition) is 1. The van der Waals surface area contributed by atoms with Gasteiger partial charge in [0, 0.05) is 24.9 Å². The molecule has 0 aliphatic carbocycles. The molecule has 2 rings (SSSR count). The smallest absolute Gasteiger partial charge is 0.251 e. The normalized spacial score (nSPS) is 17.3. The van der Waals surface area contributed by atoms with Crippen molar-refractivity contribution in [3.05, 3.63) is 12.1 Å². The standard InChI is InChI=1S/C18H24N4O5S/c1-21(2)7-6-19-10-12-16(23)20-18(28)22(17(12)24)11-8-13(25-3)15(27-5)14(9-11)26-4/h8-10,12H,6-7H2,1-5H3,(H,20,23,28). The van der Waals surface area contributed by atoms with Crippen LogP contribution in [-0.4, -0.2) is 76.6 Å². The van der Waals surface area contributed by atoms with Crippen LogP contribution in [0.2, 0.25) is 0 Å². The van der Waals surface area contributed by atoms with Crippen LogP contribution in [0.1, 0.15) is 0 Å². The van der Waals surface area contributed by atoms with Crippen molar-refractivity contribution >= 4 is 41.0 Å². The maximum absolute atomic E-state index is 13.0. The van der Waals surface area contributed by atoms with Gasteiger partial charge < -0.3 is 24.4 Å². The summed E-state index contributed by atoms with van der Waals surface area (Å²) in [7, 11) is 8.26. The summed E-state index contributed by atoms with van der Waals surface area (Å²) in [4.78, 5) is 32.6. The van der Waals surface area contributed by atoms with Gasteiger partial charge in [-0.3, -0.25) is 19.5 Å². The highest BCUT2D eigenvalue weighted by Gasteiger charge is 2.39. The molecule has 152 valence electrons. The summed E-state index contributed by atoms with van der Waals surface area (Å²) < 4.78 is 15.9. The Labute approximate surface area is 169 Å². The third-order valence-corrected chi connectivity index (χ3v) is 4.33. The molecular weight excluding hydrogens is 384 g/mol. The lowest BCUT2D eigenvalue weighted by atomic mass is 10.1. The second kappa shape index (κ2) is 9.47. The predicted molar refractivity (Wildman–Crippen MR) is 110 cm³/mol. The first-order valence-electron chi connectivity index (χ1n) is 8.47. The Morgan fingerprint density at radius 3 is 2.29 bits per heavy atom. The Bertz CT molecular complexity index is 771. The number of amides is 2. The maximum atomic E-state index is 13.0. The number of nitrogens with one attached hydrogen (secondary N) is 1. The van der Waals surface area contributed by atoms with Gasteiger partial charge in [-0.2, -0.15) is 0 Å². The van der Waals surface area contributed by atoms with Crippen molar-refractivity contribution in [3.63, 3.8) is 0 Å². The van der Waals surface area contributed by atoms with Crippen LogP contribution in [0.3, 0.4) is 0 Å². The number of nitrogens with zero attached hydrogens (tertiary/aromatic N) is 3. The molecule has 9 nitrogen and oxygen atoms in total. The first-order chi connectivity index (χ1) is 13.3. The summed E-state index contributed by atoms with van der Waals surface area (Å²) in [6, 6.07) is 3.17. The zero-order chi connectivity index (χ0) is 20.8. The predicted octanol–water partition coefficient (Wildman–Crippen LogP) is 0.709. The number of rotatable bonds is 8. The van der Waals surface area contributed by atoms with Crippen LogP contribution in [0, 0.1) is 5.92 Å². The van der Waals surface area contributed by atoms with Crippen molar-refractivity contribution in [2.75, 3.05) is 53.4 Å². The van der Waals surface area contributed by atoms with Gasteiger partial charge in [0.25, 0.3) is 5.91 Å². The molecule has 1 aliphatic rings. The van der Waals surface area contributed by atoms with Crippen LogP contribution in [0.4, 0.5) is 5.69 Å². The molecule has 10 heteroatoms. The van der Waals surface area contributed by atoms with Crippen LogP contribution < -0.4 is 24.4 Å². The van der Waals surface area contributed by atoms with E-state index in [0.717, 1.165) is 0 Å². The summed E-state index contributed by atoms with van der Waals surface area (Å²) in [6.45, 7) is 1.17. The summed E-state index contributed by atoms with van der Waals surface area (Å²) in [5.74, 6) is -0.979. The molecule has 0 spiro atoms. The summed E-state index contributed by atoms with van der Waals surface area (Å²) in [6.07, 6.45) is 1.36. The molecule has 0 radical (unpaired) electrons. The molecular formula is C18H24N4O5S. The minimum atomic E-state index is -1.08. The maximum Gasteiger partial charge on any atom is 0.251 e. The topological polar surface area (TPSA) is 92.7 Å². The largest absolute Gasteiger partial charge is 0.493 e. The quantitative estimate of drug-likeness (QED) is 0.385. The highest BCUT2D eigenvalue weighted by atomic mass is 32.1. The lowest BCUT2D eigenvalue weighted by Gasteiger charge is -2.31. The minimum Gasteiger partial charge on any atom is -0.493 e. The molecule has 1 saturated heterocycles. The van der Waals surface area contributed by atoms with Crippen molar-refractivity contribution < 1.29 is 23.8 Å². The van der Waals surface area contributed by atoms with E-state index in [4.69, 9.17) is 26.4 Å². The van der Waals surface area contributed by atoms with Crippen molar-refractivity contribution in [2.45, 2.75) is 0 Å². The van der Waals surface area contributed by atoms with Gasteiger partial charge in [0.05, 0.1) is 33.6 Å². The van der Waals surface area contributed by atoms with E-state index >= 15 is 0 Å². The molecule has 0 saturated carbocycles. The Kier molecular flexibility index (Phi) is 7.30. The third-order valence-electron chi connectivity index (χ3n) is 4.04. The van der Waals surface area contributed by atoms with E-state index in [0.29, 0.717) is 36.0 Å². The molecule has 2 amide bonds. The van der Waals surface area contributed by atoms with Crippen LogP contribution in [0.25, 0.3) is 0 Å². The van der Waals surface area contributed by atoms with Gasteiger partial charge in [-0.25, -0.2) is 0 Å². The molecule has 1 atom stereocenters. The molecule has 0 bridgehead atoms. The van der Waals surface area contributed by atoms with E-state index in [1.807, 2.05) is 19.0 Å². The summed E-state index contributed by atoms with van der Waals surface area (Å²) in [5, 5.41) is 2.52. The summed E-state index contributed by atoms with van der Waals surface area (Å²) >= 11 is 5.22. The Morgan fingerprint density at radius 1 is 1.18 bits per heavy atom. The number of benzene rings is 1. The average molecular weight is 408 g/mol. The van der Waals surface area contributed by atoms with Gasteiger partial charge in [0.1, 0.15) is 0 Å². The van der Waals surface area contributed by atoms with Crippen LogP contribution >= 0.6 is 12.2 Å². The lowest BCUT2D eigenvalue weighted by Crippen LogP contribution is -2.58. The van der Waals surface area contributed by atoms with E-state index < -0.39 is 17.7 Å². The zero-order valence-corrected chi connectivity index (χ0v) is 17.3. The van der Waals surface area contributed by atoms with E-state index in [1.54, 1.807) is 12.1 Å². The number of carbonyl (C=O) groups is 2. The van der Waals surface area contributed by atoms with E-state index in [2.05, 4.69) is 10.3 Å². The Balaban J connectivity index is 2.37. The van der Waals surface area contributed by atoms with Gasteiger partial charge >= 0.3 is 0 Å². The van der Waals surface area contributed by atoms with Crippen molar-refractivity contribution in [1.82, 2.24) is 10.2 Å². The van der Waals surface area contributed by atoms with Gasteiger partial charge in [0.15, 0.2) is 22.5 Å². The van der Waals surface area contributed by atoms with Crippen LogP contribution in [0.15, 0.2) is 17.1 Å². The van der Waals surface area contributed by atoms with E-state index in [9.17, 15) is 9.59 Å². The molecule has 1 N–H and O–H groups in total. The second-order valence-electron chi connectivity index (χ2n) is 6.19. The Morgan fingerprint density at radius 2 is 1.79 bits per heavy atom. The number of ether oxygens (including phenoxy) is 3. The van der Waals surface area contributed by atoms with E-state index in [1.165, 1.54) is 32.4 Å². The number of thiocarbonyl (C=S) groups is 1. The van der Waals surface area contributed by atoms with Gasteiger partial charge in [0.2, 0.25) is 11.7 Å². The number of anilines is 1. The molecule has 0 aromatic heterocycles. The average Bonchev–Trinajstić information content (AvgIpc) is 2.65. The Hall–Kier alpha value is -2.72. The zero-order valence-electron chi connectivity index (χ0n) is 16.5. The van der Waals surface area contributed by atoms with E-state index in [-0.39, 0.29) is 5.11 Å². The number of likely N-dealkylation sites (N-methyl/N-ethyl adjacent to an activating group) is 1. The van der Waals surface area contributed by atoms with Crippen molar-refractivity contribution in [3.8, 4) is 17.2 Å². The first-order valence-corrected chi connectivity index (χ1v) is 8.88. The number of methoxy groups -OCH3 is 3. The fourth-order valence-corrected chi connectivity index (χ4v) is 2.90. The fourth-order valence-electron chi connectivity index (χ4n) is 2.60. The third kappa shape index (κ3) is 4.57. The summed E-state index contributed by atoms with van der Waals surface area (Å²) in [5.41, 5.74) is 0.385. The van der Waals surface area contributed by atoms with Gasteiger partial charge in [-0.1, -0.05) is 0 Å². The molecule has 1 heterocycles. The number of carbonyl (C=O) groups excluding carboxylic acids is 2. The second-order valence-corrected chi connectivity index (χ2v) is 6.57.